The molecule has 6 nitrogen and oxygen atoms in total. The van der Waals surface area contributed by atoms with Crippen LogP contribution in [0.1, 0.15) is 6.42 Å². The van der Waals surface area contributed by atoms with Crippen molar-refractivity contribution >= 4 is 21.7 Å². The third kappa shape index (κ3) is 5.66. The van der Waals surface area contributed by atoms with E-state index in [2.05, 4.69) is 5.73 Å². The molecule has 0 spiro atoms. The number of rotatable bonds is 5. The molecule has 0 rings (SSSR count). The fourth-order valence-electron chi connectivity index (χ4n) is 0.516. The summed E-state index contributed by atoms with van der Waals surface area (Å²) in [5.74, 6) is -3.65. The van der Waals surface area contributed by atoms with Gasteiger partial charge in [0.15, 0.2) is 9.84 Å². The van der Waals surface area contributed by atoms with Gasteiger partial charge in [0.05, 0.1) is 5.75 Å². The first kappa shape index (κ1) is 10.9. The molecule has 0 fully saturated rings. The molecule has 0 aromatic carbocycles. The summed E-state index contributed by atoms with van der Waals surface area (Å²) in [5.41, 5.74) is 4.68. The smallest absolute Gasteiger partial charge is 0.318 e. The Hall–Kier alpha value is -1.11. The first-order valence-corrected chi connectivity index (χ1v) is 4.86. The molecule has 0 aliphatic rings. The molecule has 0 heterocycles. The molecule has 0 aliphatic carbocycles. The number of hydrogen-bond donors (Lipinski definition) is 2. The maximum Gasteiger partial charge on any atom is 0.318 e. The fourth-order valence-corrected chi connectivity index (χ4v) is 1.55. The van der Waals surface area contributed by atoms with Crippen LogP contribution in [0.2, 0.25) is 0 Å². The Morgan fingerprint density at radius 1 is 1.33 bits per heavy atom. The highest BCUT2D eigenvalue weighted by Gasteiger charge is 2.16. The van der Waals surface area contributed by atoms with E-state index in [0.717, 1.165) is 0 Å². The van der Waals surface area contributed by atoms with Gasteiger partial charge in [-0.05, 0) is 0 Å². The summed E-state index contributed by atoms with van der Waals surface area (Å²) >= 11 is 0. The third-order valence-corrected chi connectivity index (χ3v) is 2.52. The monoisotopic (exact) mass is 195 g/mol. The van der Waals surface area contributed by atoms with Crippen LogP contribution in [0.5, 0.6) is 0 Å². The van der Waals surface area contributed by atoms with Gasteiger partial charge in [-0.1, -0.05) is 0 Å². The summed E-state index contributed by atoms with van der Waals surface area (Å²) in [4.78, 5) is 20.1. The average Bonchev–Trinajstić information content (AvgIpc) is 1.81. The Morgan fingerprint density at radius 2 is 1.83 bits per heavy atom. The van der Waals surface area contributed by atoms with Gasteiger partial charge < -0.3 is 10.8 Å². The Bertz CT molecular complexity index is 280. The molecule has 0 saturated heterocycles. The van der Waals surface area contributed by atoms with Crippen molar-refractivity contribution in [1.82, 2.24) is 0 Å². The van der Waals surface area contributed by atoms with E-state index in [1.165, 1.54) is 0 Å². The first-order chi connectivity index (χ1) is 5.33. The maximum atomic E-state index is 10.8. The van der Waals surface area contributed by atoms with Crippen LogP contribution >= 0.6 is 0 Å². The summed E-state index contributed by atoms with van der Waals surface area (Å²) < 4.78 is 21.5. The van der Waals surface area contributed by atoms with Gasteiger partial charge in [0.25, 0.3) is 0 Å². The topological polar surface area (TPSA) is 115 Å². The van der Waals surface area contributed by atoms with Crippen molar-refractivity contribution in [1.29, 1.82) is 0 Å². The van der Waals surface area contributed by atoms with Crippen molar-refractivity contribution in [2.45, 2.75) is 6.42 Å². The van der Waals surface area contributed by atoms with Crippen LogP contribution in [0.15, 0.2) is 0 Å². The summed E-state index contributed by atoms with van der Waals surface area (Å²) in [6.45, 7) is 0. The SMILES string of the molecule is NC(=O)CCS(=O)(=O)CC(=O)O. The van der Waals surface area contributed by atoms with Crippen LogP contribution in [0.4, 0.5) is 0 Å². The standard InChI is InChI=1S/C5H9NO5S/c6-4(7)1-2-12(10,11)3-5(8)9/h1-3H2,(H2,6,7)(H,8,9). The molecule has 0 aromatic rings. The second-order valence-corrected chi connectivity index (χ2v) is 4.39. The van der Waals surface area contributed by atoms with Crippen LogP contribution in [0, 0.1) is 0 Å². The van der Waals surface area contributed by atoms with Crippen LogP contribution in [-0.4, -0.2) is 36.9 Å². The first-order valence-electron chi connectivity index (χ1n) is 3.04. The van der Waals surface area contributed by atoms with Gasteiger partial charge in [0.1, 0.15) is 5.75 Å². The van der Waals surface area contributed by atoms with Gasteiger partial charge in [0.2, 0.25) is 5.91 Å². The number of carbonyl (C=O) groups excluding carboxylic acids is 1. The number of primary amides is 1. The largest absolute Gasteiger partial charge is 0.480 e. The molecule has 70 valence electrons. The summed E-state index contributed by atoms with van der Waals surface area (Å²) in [7, 11) is -3.68. The molecule has 0 aliphatic heterocycles. The van der Waals surface area contributed by atoms with Crippen LogP contribution in [0.3, 0.4) is 0 Å². The molecule has 0 saturated carbocycles. The predicted molar refractivity (Wildman–Crippen MR) is 40.1 cm³/mol. The number of carboxylic acids is 1. The molecule has 7 heteroatoms. The van der Waals surface area contributed by atoms with E-state index in [1.807, 2.05) is 0 Å². The Labute approximate surface area is 69.3 Å². The Balaban J connectivity index is 4.06. The Kier molecular flexibility index (Phi) is 3.68. The minimum atomic E-state index is -3.68. The molecule has 0 atom stereocenters. The minimum absolute atomic E-state index is 0.338. The van der Waals surface area contributed by atoms with Gasteiger partial charge in [0, 0.05) is 6.42 Å². The van der Waals surface area contributed by atoms with E-state index >= 15 is 0 Å². The van der Waals surface area contributed by atoms with Crippen molar-refractivity contribution in [2.24, 2.45) is 5.73 Å². The van der Waals surface area contributed by atoms with Gasteiger partial charge in [-0.15, -0.1) is 0 Å². The minimum Gasteiger partial charge on any atom is -0.480 e. The van der Waals surface area contributed by atoms with E-state index in [4.69, 9.17) is 5.11 Å². The number of aliphatic carboxylic acids is 1. The number of hydrogen-bond acceptors (Lipinski definition) is 4. The maximum absolute atomic E-state index is 10.8. The molecule has 0 aromatic heterocycles. The third-order valence-electron chi connectivity index (χ3n) is 1.00. The van der Waals surface area contributed by atoms with Crippen molar-refractivity contribution in [2.75, 3.05) is 11.5 Å². The van der Waals surface area contributed by atoms with E-state index < -0.39 is 33.2 Å². The number of amides is 1. The highest BCUT2D eigenvalue weighted by molar-refractivity contribution is 7.92. The zero-order chi connectivity index (χ0) is 9.78. The zero-order valence-electron chi connectivity index (χ0n) is 6.19. The van der Waals surface area contributed by atoms with Gasteiger partial charge in [-0.3, -0.25) is 9.59 Å². The number of sulfone groups is 1. The zero-order valence-corrected chi connectivity index (χ0v) is 7.00. The van der Waals surface area contributed by atoms with E-state index in [1.54, 1.807) is 0 Å². The molecule has 1 amide bonds. The number of nitrogens with two attached hydrogens (primary N) is 1. The fraction of sp³-hybridized carbons (Fsp3) is 0.600. The molecule has 0 bridgehead atoms. The Morgan fingerprint density at radius 3 is 2.17 bits per heavy atom. The van der Waals surface area contributed by atoms with Gasteiger partial charge >= 0.3 is 5.97 Å². The van der Waals surface area contributed by atoms with Crippen molar-refractivity contribution in [3.8, 4) is 0 Å². The molecule has 0 radical (unpaired) electrons. The van der Waals surface area contributed by atoms with E-state index in [9.17, 15) is 18.0 Å². The number of carbonyl (C=O) groups is 2. The average molecular weight is 195 g/mol. The summed E-state index contributed by atoms with van der Waals surface area (Å²) in [6, 6.07) is 0. The second-order valence-electron chi connectivity index (χ2n) is 2.20. The van der Waals surface area contributed by atoms with Crippen molar-refractivity contribution in [3.05, 3.63) is 0 Å². The number of carboxylic acid groups (broad SMARTS) is 1. The molecular formula is C5H9NO5S. The van der Waals surface area contributed by atoms with E-state index in [-0.39, 0.29) is 6.42 Å². The molecular weight excluding hydrogens is 186 g/mol. The lowest BCUT2D eigenvalue weighted by Crippen LogP contribution is -2.22. The van der Waals surface area contributed by atoms with Gasteiger partial charge in [-0.25, -0.2) is 8.42 Å². The summed E-state index contributed by atoms with van der Waals surface area (Å²) in [6.07, 6.45) is -0.338. The normalized spacial score (nSPS) is 11.0. The van der Waals surface area contributed by atoms with Crippen LogP contribution in [-0.2, 0) is 19.4 Å². The van der Waals surface area contributed by atoms with Crippen molar-refractivity contribution < 1.29 is 23.1 Å². The van der Waals surface area contributed by atoms with E-state index in [0.29, 0.717) is 0 Å². The van der Waals surface area contributed by atoms with Crippen molar-refractivity contribution in [3.63, 3.8) is 0 Å². The highest BCUT2D eigenvalue weighted by atomic mass is 32.2. The highest BCUT2D eigenvalue weighted by Crippen LogP contribution is 1.93. The van der Waals surface area contributed by atoms with Crippen LogP contribution < -0.4 is 5.73 Å². The predicted octanol–water partition coefficient (Wildman–Crippen LogP) is -1.64. The molecule has 12 heavy (non-hydrogen) atoms. The lowest BCUT2D eigenvalue weighted by molar-refractivity contribution is -0.134. The quantitative estimate of drug-likeness (QED) is 0.546. The lowest BCUT2D eigenvalue weighted by atomic mass is 10.5. The van der Waals surface area contributed by atoms with Crippen LogP contribution in [0.25, 0.3) is 0 Å². The molecule has 3 N–H and O–H groups in total. The van der Waals surface area contributed by atoms with Gasteiger partial charge in [-0.2, -0.15) is 0 Å². The summed E-state index contributed by atoms with van der Waals surface area (Å²) in [5, 5.41) is 8.12. The molecule has 0 unspecified atom stereocenters. The second kappa shape index (κ2) is 4.05. The lowest BCUT2D eigenvalue weighted by Gasteiger charge is -1.97.